The normalized spacial score (nSPS) is 11.4. The van der Waals surface area contributed by atoms with E-state index in [1.165, 1.54) is 0 Å². The van der Waals surface area contributed by atoms with Crippen molar-refractivity contribution in [2.45, 2.75) is 25.5 Å². The Labute approximate surface area is 198 Å². The Morgan fingerprint density at radius 3 is 2.06 bits per heavy atom. The summed E-state index contributed by atoms with van der Waals surface area (Å²) in [5.41, 5.74) is 5.54. The van der Waals surface area contributed by atoms with Crippen molar-refractivity contribution < 1.29 is 22.8 Å². The first kappa shape index (κ1) is 23.4. The Morgan fingerprint density at radius 1 is 0.853 bits per heavy atom. The van der Waals surface area contributed by atoms with Crippen LogP contribution in [0.4, 0.5) is 0 Å². The molecule has 0 spiro atoms. The highest BCUT2D eigenvalue weighted by molar-refractivity contribution is 7.90. The van der Waals surface area contributed by atoms with Gasteiger partial charge in [0.25, 0.3) is 0 Å². The fourth-order valence-corrected chi connectivity index (χ4v) is 5.27. The fraction of sp³-hybridized carbons (Fsp3) is 0.185. The SMILES string of the molecule is Cc1noc(-c2ccc(-c3ccc(CC(=O)O)cc3)cc2)c1CS(=O)(=O)CCc1ccccc1. The van der Waals surface area contributed by atoms with Crippen LogP contribution >= 0.6 is 0 Å². The minimum absolute atomic E-state index is 0.0128. The highest BCUT2D eigenvalue weighted by Gasteiger charge is 2.22. The van der Waals surface area contributed by atoms with Gasteiger partial charge >= 0.3 is 5.97 Å². The molecule has 0 aliphatic carbocycles. The molecule has 0 saturated heterocycles. The van der Waals surface area contributed by atoms with Gasteiger partial charge in [-0.05, 0) is 35.6 Å². The molecule has 4 rings (SSSR count). The first-order valence-electron chi connectivity index (χ1n) is 10.9. The predicted molar refractivity (Wildman–Crippen MR) is 131 cm³/mol. The average molecular weight is 476 g/mol. The topological polar surface area (TPSA) is 97.5 Å². The van der Waals surface area contributed by atoms with E-state index in [0.717, 1.165) is 27.8 Å². The molecule has 1 heterocycles. The Morgan fingerprint density at radius 2 is 1.44 bits per heavy atom. The van der Waals surface area contributed by atoms with Crippen LogP contribution in [-0.2, 0) is 33.2 Å². The average Bonchev–Trinajstić information content (AvgIpc) is 3.18. The van der Waals surface area contributed by atoms with Crippen LogP contribution in [0.3, 0.4) is 0 Å². The van der Waals surface area contributed by atoms with E-state index in [0.29, 0.717) is 23.4 Å². The first-order valence-corrected chi connectivity index (χ1v) is 12.7. The zero-order valence-corrected chi connectivity index (χ0v) is 19.6. The standard InChI is InChI=1S/C27H25NO5S/c1-19-25(18-34(31,32)16-15-20-5-3-2-4-6-20)27(33-28-19)24-13-11-23(12-14-24)22-9-7-21(8-10-22)17-26(29)30/h2-14H,15-18H2,1H3,(H,29,30). The van der Waals surface area contributed by atoms with Crippen LogP contribution in [0, 0.1) is 6.92 Å². The van der Waals surface area contributed by atoms with Gasteiger partial charge in [-0.2, -0.15) is 0 Å². The van der Waals surface area contributed by atoms with Crippen molar-refractivity contribution >= 4 is 15.8 Å². The second kappa shape index (κ2) is 10.1. The van der Waals surface area contributed by atoms with Crippen molar-refractivity contribution in [1.82, 2.24) is 5.16 Å². The zero-order valence-electron chi connectivity index (χ0n) is 18.8. The van der Waals surface area contributed by atoms with Gasteiger partial charge in [-0.1, -0.05) is 84.0 Å². The number of hydrogen-bond acceptors (Lipinski definition) is 5. The van der Waals surface area contributed by atoms with Crippen LogP contribution in [0.15, 0.2) is 83.4 Å². The second-order valence-electron chi connectivity index (χ2n) is 8.25. The third kappa shape index (κ3) is 5.80. The van der Waals surface area contributed by atoms with Gasteiger partial charge in [0.15, 0.2) is 15.6 Å². The molecule has 1 aromatic heterocycles. The minimum atomic E-state index is -3.36. The number of rotatable bonds is 9. The van der Waals surface area contributed by atoms with Gasteiger partial charge in [0.1, 0.15) is 0 Å². The van der Waals surface area contributed by atoms with Gasteiger partial charge in [0.2, 0.25) is 0 Å². The second-order valence-corrected chi connectivity index (χ2v) is 10.4. The van der Waals surface area contributed by atoms with Crippen molar-refractivity contribution in [1.29, 1.82) is 0 Å². The van der Waals surface area contributed by atoms with E-state index < -0.39 is 15.8 Å². The summed E-state index contributed by atoms with van der Waals surface area (Å²) >= 11 is 0. The summed E-state index contributed by atoms with van der Waals surface area (Å²) in [5, 5.41) is 12.9. The summed E-state index contributed by atoms with van der Waals surface area (Å²) in [7, 11) is -3.36. The van der Waals surface area contributed by atoms with Crippen LogP contribution in [0.25, 0.3) is 22.5 Å². The monoisotopic (exact) mass is 475 g/mol. The van der Waals surface area contributed by atoms with Gasteiger partial charge in [-0.15, -0.1) is 0 Å². The molecular weight excluding hydrogens is 450 g/mol. The maximum atomic E-state index is 12.8. The van der Waals surface area contributed by atoms with E-state index >= 15 is 0 Å². The lowest BCUT2D eigenvalue weighted by molar-refractivity contribution is -0.136. The molecule has 6 nitrogen and oxygen atoms in total. The van der Waals surface area contributed by atoms with Crippen LogP contribution in [0.5, 0.6) is 0 Å². The Kier molecular flexibility index (Phi) is 6.93. The highest BCUT2D eigenvalue weighted by Crippen LogP contribution is 2.30. The molecule has 7 heteroatoms. The number of aliphatic carboxylic acids is 1. The number of hydrogen-bond donors (Lipinski definition) is 1. The molecule has 0 radical (unpaired) electrons. The molecule has 0 unspecified atom stereocenters. The Hall–Kier alpha value is -3.71. The molecule has 0 amide bonds. The highest BCUT2D eigenvalue weighted by atomic mass is 32.2. The number of aromatic nitrogens is 1. The maximum Gasteiger partial charge on any atom is 0.307 e. The molecule has 1 N–H and O–H groups in total. The van der Waals surface area contributed by atoms with E-state index in [1.807, 2.05) is 66.7 Å². The van der Waals surface area contributed by atoms with Crippen molar-refractivity contribution in [3.8, 4) is 22.5 Å². The molecule has 0 atom stereocenters. The molecule has 34 heavy (non-hydrogen) atoms. The quantitative estimate of drug-likeness (QED) is 0.362. The Bertz CT molecular complexity index is 1370. The molecule has 3 aromatic carbocycles. The van der Waals surface area contributed by atoms with Crippen molar-refractivity contribution in [3.05, 3.63) is 101 Å². The van der Waals surface area contributed by atoms with Crippen LogP contribution in [-0.4, -0.2) is 30.4 Å². The third-order valence-corrected chi connectivity index (χ3v) is 7.24. The van der Waals surface area contributed by atoms with Crippen molar-refractivity contribution in [2.24, 2.45) is 0 Å². The molecule has 0 fully saturated rings. The lowest BCUT2D eigenvalue weighted by Gasteiger charge is -2.07. The number of carbonyl (C=O) groups is 1. The summed E-state index contributed by atoms with van der Waals surface area (Å²) in [6.45, 7) is 1.75. The van der Waals surface area contributed by atoms with Crippen molar-refractivity contribution in [2.75, 3.05) is 5.75 Å². The zero-order chi connectivity index (χ0) is 24.1. The van der Waals surface area contributed by atoms with Gasteiger partial charge in [-0.3, -0.25) is 4.79 Å². The third-order valence-electron chi connectivity index (χ3n) is 5.68. The molecule has 0 aliphatic heterocycles. The Balaban J connectivity index is 1.50. The lowest BCUT2D eigenvalue weighted by Crippen LogP contribution is -2.12. The number of benzene rings is 3. The molecule has 0 aliphatic rings. The summed E-state index contributed by atoms with van der Waals surface area (Å²) in [6.07, 6.45) is 0.448. The predicted octanol–water partition coefficient (Wildman–Crippen LogP) is 5.10. The van der Waals surface area contributed by atoms with E-state index in [4.69, 9.17) is 9.63 Å². The molecule has 174 valence electrons. The smallest absolute Gasteiger partial charge is 0.307 e. The van der Waals surface area contributed by atoms with Gasteiger partial charge < -0.3 is 9.63 Å². The lowest BCUT2D eigenvalue weighted by atomic mass is 10.00. The van der Waals surface area contributed by atoms with E-state index in [9.17, 15) is 13.2 Å². The fourth-order valence-electron chi connectivity index (χ4n) is 3.80. The molecule has 0 bridgehead atoms. The maximum absolute atomic E-state index is 12.8. The summed E-state index contributed by atoms with van der Waals surface area (Å²) in [4.78, 5) is 10.9. The number of carboxylic acids is 1. The first-order chi connectivity index (χ1) is 16.3. The minimum Gasteiger partial charge on any atom is -0.481 e. The number of nitrogens with zero attached hydrogens (tertiary/aromatic N) is 1. The largest absolute Gasteiger partial charge is 0.481 e. The molecular formula is C27H25NO5S. The summed E-state index contributed by atoms with van der Waals surface area (Å²) < 4.78 is 31.2. The number of sulfone groups is 1. The van der Waals surface area contributed by atoms with Crippen LogP contribution in [0.1, 0.15) is 22.4 Å². The number of aryl methyl sites for hydroxylation is 2. The summed E-state index contributed by atoms with van der Waals surface area (Å²) in [6, 6.07) is 24.5. The van der Waals surface area contributed by atoms with Gasteiger partial charge in [0.05, 0.1) is 23.6 Å². The van der Waals surface area contributed by atoms with Crippen LogP contribution in [0.2, 0.25) is 0 Å². The van der Waals surface area contributed by atoms with E-state index in [-0.39, 0.29) is 17.9 Å². The summed E-state index contributed by atoms with van der Waals surface area (Å²) in [5.74, 6) is -0.476. The molecule has 0 saturated carbocycles. The van der Waals surface area contributed by atoms with Gasteiger partial charge in [-0.25, -0.2) is 8.42 Å². The van der Waals surface area contributed by atoms with Gasteiger partial charge in [0, 0.05) is 11.1 Å². The van der Waals surface area contributed by atoms with Crippen molar-refractivity contribution in [3.63, 3.8) is 0 Å². The van der Waals surface area contributed by atoms with E-state index in [2.05, 4.69) is 5.16 Å². The molecule has 4 aromatic rings. The van der Waals surface area contributed by atoms with E-state index in [1.54, 1.807) is 19.1 Å². The number of carboxylic acid groups (broad SMARTS) is 1. The van der Waals surface area contributed by atoms with Crippen LogP contribution < -0.4 is 0 Å².